The number of hydrogen-bond donors (Lipinski definition) is 1. The van der Waals surface area contributed by atoms with Gasteiger partial charge in [0.05, 0.1) is 11.4 Å². The van der Waals surface area contributed by atoms with Crippen molar-refractivity contribution in [2.75, 3.05) is 23.7 Å². The lowest BCUT2D eigenvalue weighted by molar-refractivity contribution is -0.134. The molecule has 0 bridgehead atoms. The Labute approximate surface area is 128 Å². The first-order chi connectivity index (χ1) is 10.1. The number of anilines is 2. The molecule has 4 heteroatoms. The molecule has 0 amide bonds. The predicted octanol–water partition coefficient (Wildman–Crippen LogP) is 3.99. The maximum atomic E-state index is 12.0. The minimum atomic E-state index is -0.197. The van der Waals surface area contributed by atoms with Crippen LogP contribution in [-0.2, 0) is 4.79 Å². The van der Waals surface area contributed by atoms with E-state index in [4.69, 9.17) is 10.5 Å². The first-order valence-electron chi connectivity index (χ1n) is 7.98. The van der Waals surface area contributed by atoms with Crippen LogP contribution in [0.25, 0.3) is 0 Å². The molecule has 0 saturated carbocycles. The molecule has 0 saturated heterocycles. The van der Waals surface area contributed by atoms with E-state index in [1.54, 1.807) is 6.07 Å². The summed E-state index contributed by atoms with van der Waals surface area (Å²) in [6.07, 6.45) is 4.71. The molecule has 0 fully saturated rings. The number of carbonyl (C=O) groups is 1. The molecule has 2 N–H and O–H groups in total. The smallest absolute Gasteiger partial charge is 0.311 e. The van der Waals surface area contributed by atoms with Crippen LogP contribution in [0.15, 0.2) is 18.2 Å². The van der Waals surface area contributed by atoms with Crippen LogP contribution in [0.2, 0.25) is 0 Å². The summed E-state index contributed by atoms with van der Waals surface area (Å²) in [5.74, 6) is 0.305. The third kappa shape index (κ3) is 5.29. The van der Waals surface area contributed by atoms with Gasteiger partial charge in [0.2, 0.25) is 0 Å². The van der Waals surface area contributed by atoms with Crippen molar-refractivity contribution in [1.29, 1.82) is 0 Å². The predicted molar refractivity (Wildman–Crippen MR) is 88.8 cm³/mol. The van der Waals surface area contributed by atoms with Crippen molar-refractivity contribution in [3.63, 3.8) is 0 Å². The normalized spacial score (nSPS) is 10.4. The zero-order valence-electron chi connectivity index (χ0n) is 13.5. The number of para-hydroxylation sites is 1. The molecule has 118 valence electrons. The summed E-state index contributed by atoms with van der Waals surface area (Å²) >= 11 is 0. The second-order valence-corrected chi connectivity index (χ2v) is 5.15. The van der Waals surface area contributed by atoms with Crippen molar-refractivity contribution < 1.29 is 9.53 Å². The molecule has 1 rings (SSSR count). The molecular formula is C17H28N2O2. The van der Waals surface area contributed by atoms with Crippen molar-refractivity contribution in [1.82, 2.24) is 0 Å². The Morgan fingerprint density at radius 3 is 2.48 bits per heavy atom. The van der Waals surface area contributed by atoms with E-state index in [1.165, 1.54) is 0 Å². The van der Waals surface area contributed by atoms with Gasteiger partial charge in [-0.2, -0.15) is 0 Å². The number of unbranched alkanes of at least 4 members (excludes halogenated alkanes) is 3. The van der Waals surface area contributed by atoms with Crippen LogP contribution >= 0.6 is 0 Å². The second-order valence-electron chi connectivity index (χ2n) is 5.15. The van der Waals surface area contributed by atoms with E-state index in [2.05, 4.69) is 25.7 Å². The van der Waals surface area contributed by atoms with Crippen LogP contribution in [0.5, 0.6) is 5.75 Å². The zero-order valence-corrected chi connectivity index (χ0v) is 13.5. The van der Waals surface area contributed by atoms with Gasteiger partial charge in [-0.05, 0) is 32.4 Å². The highest BCUT2D eigenvalue weighted by Gasteiger charge is 2.15. The molecule has 0 aliphatic carbocycles. The minimum absolute atomic E-state index is 0.197. The van der Waals surface area contributed by atoms with Gasteiger partial charge in [-0.1, -0.05) is 32.3 Å². The van der Waals surface area contributed by atoms with Crippen LogP contribution in [0.1, 0.15) is 52.9 Å². The van der Waals surface area contributed by atoms with Crippen molar-refractivity contribution in [3.05, 3.63) is 18.2 Å². The molecule has 4 nitrogen and oxygen atoms in total. The van der Waals surface area contributed by atoms with E-state index in [9.17, 15) is 4.79 Å². The summed E-state index contributed by atoms with van der Waals surface area (Å²) < 4.78 is 5.54. The Morgan fingerprint density at radius 1 is 1.14 bits per heavy atom. The van der Waals surface area contributed by atoms with E-state index >= 15 is 0 Å². The van der Waals surface area contributed by atoms with E-state index in [1.807, 2.05) is 12.1 Å². The van der Waals surface area contributed by atoms with Gasteiger partial charge in [0, 0.05) is 19.5 Å². The average Bonchev–Trinajstić information content (AvgIpc) is 2.48. The standard InChI is InChI=1S/C17H28N2O2/c1-4-7-8-9-13-16(20)21-17-14(18)11-10-12-15(17)19(5-2)6-3/h10-12H,4-9,13,18H2,1-3H3. The molecule has 1 aromatic rings. The van der Waals surface area contributed by atoms with Crippen LogP contribution in [0.3, 0.4) is 0 Å². The number of ether oxygens (including phenoxy) is 1. The molecule has 0 atom stereocenters. The highest BCUT2D eigenvalue weighted by Crippen LogP contribution is 2.34. The molecular weight excluding hydrogens is 264 g/mol. The van der Waals surface area contributed by atoms with E-state index < -0.39 is 0 Å². The van der Waals surface area contributed by atoms with Crippen molar-refractivity contribution in [2.24, 2.45) is 0 Å². The summed E-state index contributed by atoms with van der Waals surface area (Å²) in [6, 6.07) is 5.61. The first-order valence-corrected chi connectivity index (χ1v) is 7.98. The molecule has 0 aliphatic rings. The van der Waals surface area contributed by atoms with Crippen LogP contribution in [-0.4, -0.2) is 19.1 Å². The Hall–Kier alpha value is -1.71. The SMILES string of the molecule is CCCCCCC(=O)Oc1c(N)cccc1N(CC)CC. The van der Waals surface area contributed by atoms with E-state index in [0.29, 0.717) is 17.9 Å². The largest absolute Gasteiger partial charge is 0.422 e. The third-order valence-electron chi connectivity index (χ3n) is 3.58. The number of esters is 1. The molecule has 1 aromatic carbocycles. The topological polar surface area (TPSA) is 55.6 Å². The number of hydrogen-bond acceptors (Lipinski definition) is 4. The highest BCUT2D eigenvalue weighted by molar-refractivity contribution is 5.79. The van der Waals surface area contributed by atoms with Gasteiger partial charge in [-0.15, -0.1) is 0 Å². The lowest BCUT2D eigenvalue weighted by Crippen LogP contribution is -2.23. The molecule has 0 aromatic heterocycles. The monoisotopic (exact) mass is 292 g/mol. The van der Waals surface area contributed by atoms with Crippen molar-refractivity contribution in [3.8, 4) is 5.75 Å². The number of nitrogens with zero attached hydrogens (tertiary/aromatic N) is 1. The number of benzene rings is 1. The molecule has 0 spiro atoms. The molecule has 0 radical (unpaired) electrons. The quantitative estimate of drug-likeness (QED) is 0.323. The Balaban J connectivity index is 2.75. The van der Waals surface area contributed by atoms with Crippen LogP contribution in [0, 0.1) is 0 Å². The Kier molecular flexibility index (Phi) is 7.65. The van der Waals surface area contributed by atoms with Gasteiger partial charge in [-0.25, -0.2) is 0 Å². The van der Waals surface area contributed by atoms with Gasteiger partial charge in [0.25, 0.3) is 0 Å². The number of carbonyl (C=O) groups excluding carboxylic acids is 1. The summed E-state index contributed by atoms with van der Waals surface area (Å²) in [5.41, 5.74) is 7.40. The molecule has 0 unspecified atom stereocenters. The summed E-state index contributed by atoms with van der Waals surface area (Å²) in [6.45, 7) is 7.99. The maximum absolute atomic E-state index is 12.0. The van der Waals surface area contributed by atoms with Gasteiger partial charge >= 0.3 is 5.97 Å². The Morgan fingerprint density at radius 2 is 1.86 bits per heavy atom. The van der Waals surface area contributed by atoms with Gasteiger partial charge in [0.15, 0.2) is 5.75 Å². The van der Waals surface area contributed by atoms with Crippen molar-refractivity contribution in [2.45, 2.75) is 52.9 Å². The van der Waals surface area contributed by atoms with Crippen LogP contribution < -0.4 is 15.4 Å². The molecule has 0 aliphatic heterocycles. The Bertz CT molecular complexity index is 442. The molecule has 0 heterocycles. The number of nitrogen functional groups attached to an aromatic ring is 1. The van der Waals surface area contributed by atoms with Crippen LogP contribution in [0.4, 0.5) is 11.4 Å². The highest BCUT2D eigenvalue weighted by atomic mass is 16.5. The average molecular weight is 292 g/mol. The number of nitrogens with two attached hydrogens (primary N) is 1. The third-order valence-corrected chi connectivity index (χ3v) is 3.58. The summed E-state index contributed by atoms with van der Waals surface area (Å²) in [4.78, 5) is 14.1. The van der Waals surface area contributed by atoms with Gasteiger partial charge in [-0.3, -0.25) is 4.79 Å². The fourth-order valence-corrected chi connectivity index (χ4v) is 2.33. The lowest BCUT2D eigenvalue weighted by Gasteiger charge is -2.24. The van der Waals surface area contributed by atoms with Gasteiger partial charge in [0.1, 0.15) is 0 Å². The van der Waals surface area contributed by atoms with E-state index in [0.717, 1.165) is 44.5 Å². The fourth-order valence-electron chi connectivity index (χ4n) is 2.33. The summed E-state index contributed by atoms with van der Waals surface area (Å²) in [5, 5.41) is 0. The number of rotatable bonds is 9. The maximum Gasteiger partial charge on any atom is 0.311 e. The first kappa shape index (κ1) is 17.3. The van der Waals surface area contributed by atoms with Gasteiger partial charge < -0.3 is 15.4 Å². The lowest BCUT2D eigenvalue weighted by atomic mass is 10.1. The second kappa shape index (κ2) is 9.27. The van der Waals surface area contributed by atoms with Crippen molar-refractivity contribution >= 4 is 17.3 Å². The minimum Gasteiger partial charge on any atom is -0.422 e. The molecule has 21 heavy (non-hydrogen) atoms. The van der Waals surface area contributed by atoms with E-state index in [-0.39, 0.29) is 5.97 Å². The summed E-state index contributed by atoms with van der Waals surface area (Å²) in [7, 11) is 0. The fraction of sp³-hybridized carbons (Fsp3) is 0.588. The zero-order chi connectivity index (χ0) is 15.7.